The van der Waals surface area contributed by atoms with Gasteiger partial charge >= 0.3 is 6.61 Å². The van der Waals surface area contributed by atoms with E-state index in [1.54, 1.807) is 31.2 Å². The number of benzene rings is 2. The highest BCUT2D eigenvalue weighted by Crippen LogP contribution is 2.39. The Bertz CT molecular complexity index is 1130. The summed E-state index contributed by atoms with van der Waals surface area (Å²) < 4.78 is 32.2. The van der Waals surface area contributed by atoms with E-state index in [0.29, 0.717) is 28.5 Å². The first kappa shape index (κ1) is 19.6. The molecule has 1 amide bonds. The van der Waals surface area contributed by atoms with Gasteiger partial charge in [-0.25, -0.2) is 4.68 Å². The molecule has 154 valence electrons. The molecular formula is C21H19F2N5O2. The van der Waals surface area contributed by atoms with Crippen LogP contribution in [0.15, 0.2) is 66.1 Å². The molecule has 0 bridgehead atoms. The van der Waals surface area contributed by atoms with Crippen molar-refractivity contribution in [2.24, 2.45) is 0 Å². The zero-order chi connectivity index (χ0) is 21.3. The summed E-state index contributed by atoms with van der Waals surface area (Å²) in [6.07, 6.45) is 1.33. The van der Waals surface area contributed by atoms with E-state index in [4.69, 9.17) is 4.74 Å². The Balaban J connectivity index is 1.81. The number of alkyl halides is 2. The van der Waals surface area contributed by atoms with Gasteiger partial charge in [0.25, 0.3) is 5.91 Å². The molecule has 30 heavy (non-hydrogen) atoms. The summed E-state index contributed by atoms with van der Waals surface area (Å²) in [7, 11) is 0. The lowest BCUT2D eigenvalue weighted by atomic mass is 9.94. The second-order valence-corrected chi connectivity index (χ2v) is 6.78. The third kappa shape index (κ3) is 3.61. The number of hydrogen-bond acceptors (Lipinski definition) is 5. The number of amides is 1. The van der Waals surface area contributed by atoms with Crippen molar-refractivity contribution in [1.82, 2.24) is 14.8 Å². The van der Waals surface area contributed by atoms with Crippen LogP contribution in [-0.2, 0) is 4.79 Å². The number of nitrogens with zero attached hydrogens (tertiary/aromatic N) is 3. The molecule has 4 rings (SSSR count). The monoisotopic (exact) mass is 411 g/mol. The Hall–Kier alpha value is -3.75. The summed E-state index contributed by atoms with van der Waals surface area (Å²) in [6, 6.07) is 12.9. The van der Waals surface area contributed by atoms with E-state index in [0.717, 1.165) is 5.56 Å². The molecule has 0 radical (unpaired) electrons. The van der Waals surface area contributed by atoms with Crippen LogP contribution in [0.5, 0.6) is 5.75 Å². The zero-order valence-corrected chi connectivity index (χ0v) is 16.3. The van der Waals surface area contributed by atoms with Gasteiger partial charge in [0.2, 0.25) is 5.95 Å². The molecule has 2 aromatic carbocycles. The first-order valence-electron chi connectivity index (χ1n) is 9.23. The molecule has 9 heteroatoms. The van der Waals surface area contributed by atoms with Crippen LogP contribution in [0.1, 0.15) is 24.1 Å². The number of anilines is 2. The number of hydrogen-bond donors (Lipinski definition) is 2. The van der Waals surface area contributed by atoms with Gasteiger partial charge in [0, 0.05) is 16.9 Å². The second-order valence-electron chi connectivity index (χ2n) is 6.78. The fraction of sp³-hybridized carbons (Fsp3) is 0.190. The molecule has 1 aromatic heterocycles. The molecule has 0 saturated heterocycles. The highest BCUT2D eigenvalue weighted by molar-refractivity contribution is 6.06. The van der Waals surface area contributed by atoms with E-state index in [9.17, 15) is 13.6 Å². The second kappa shape index (κ2) is 7.94. The van der Waals surface area contributed by atoms with E-state index in [1.165, 1.54) is 17.1 Å². The summed E-state index contributed by atoms with van der Waals surface area (Å²) in [5.41, 5.74) is 2.79. The van der Waals surface area contributed by atoms with Crippen LogP contribution >= 0.6 is 0 Å². The maximum Gasteiger partial charge on any atom is 0.387 e. The van der Waals surface area contributed by atoms with Crippen LogP contribution in [0.3, 0.4) is 0 Å². The summed E-state index contributed by atoms with van der Waals surface area (Å²) in [4.78, 5) is 17.5. The minimum atomic E-state index is -3.00. The molecule has 7 nitrogen and oxygen atoms in total. The Labute approximate surface area is 171 Å². The summed E-state index contributed by atoms with van der Waals surface area (Å²) >= 11 is 0. The van der Waals surface area contributed by atoms with E-state index in [1.807, 2.05) is 25.1 Å². The number of ether oxygens (including phenoxy) is 1. The van der Waals surface area contributed by atoms with Crippen molar-refractivity contribution in [3.63, 3.8) is 0 Å². The molecule has 1 aliphatic heterocycles. The van der Waals surface area contributed by atoms with E-state index in [-0.39, 0.29) is 11.7 Å². The summed E-state index contributed by atoms with van der Waals surface area (Å²) in [6.45, 7) is 0.612. The minimum absolute atomic E-state index is 0.0326. The number of allylic oxidation sites excluding steroid dienone is 1. The van der Waals surface area contributed by atoms with E-state index < -0.39 is 12.7 Å². The van der Waals surface area contributed by atoms with Crippen molar-refractivity contribution in [3.8, 4) is 5.75 Å². The number of para-hydroxylation sites is 2. The van der Waals surface area contributed by atoms with Crippen molar-refractivity contribution in [1.29, 1.82) is 0 Å². The highest BCUT2D eigenvalue weighted by atomic mass is 19.3. The van der Waals surface area contributed by atoms with Crippen LogP contribution in [0, 0.1) is 6.92 Å². The number of carbonyl (C=O) groups excluding carboxylic acids is 1. The largest absolute Gasteiger partial charge is 0.434 e. The normalized spacial score (nSPS) is 15.6. The topological polar surface area (TPSA) is 81.1 Å². The van der Waals surface area contributed by atoms with Gasteiger partial charge < -0.3 is 15.4 Å². The number of aryl methyl sites for hydroxylation is 1. The van der Waals surface area contributed by atoms with Crippen molar-refractivity contribution >= 4 is 17.5 Å². The Morgan fingerprint density at radius 1 is 1.17 bits per heavy atom. The number of halogens is 2. The molecule has 0 saturated carbocycles. The predicted molar refractivity (Wildman–Crippen MR) is 107 cm³/mol. The summed E-state index contributed by atoms with van der Waals surface area (Å²) in [5, 5.41) is 10.2. The highest BCUT2D eigenvalue weighted by Gasteiger charge is 2.35. The molecule has 0 aliphatic carbocycles. The maximum absolute atomic E-state index is 13.3. The van der Waals surface area contributed by atoms with Crippen LogP contribution in [-0.4, -0.2) is 27.3 Å². The fourth-order valence-corrected chi connectivity index (χ4v) is 3.49. The molecule has 2 heterocycles. The molecular weight excluding hydrogens is 392 g/mol. The third-order valence-electron chi connectivity index (χ3n) is 4.86. The average Bonchev–Trinajstić information content (AvgIpc) is 3.16. The summed E-state index contributed by atoms with van der Waals surface area (Å²) in [5.74, 6) is -0.0149. The molecule has 3 aromatic rings. The third-order valence-corrected chi connectivity index (χ3v) is 4.86. The number of fused-ring (bicyclic) bond motifs is 1. The number of carbonyl (C=O) groups is 1. The molecule has 1 unspecified atom stereocenters. The van der Waals surface area contributed by atoms with Crippen LogP contribution in [0.2, 0.25) is 0 Å². The minimum Gasteiger partial charge on any atom is -0.434 e. The average molecular weight is 411 g/mol. The lowest BCUT2D eigenvalue weighted by Crippen LogP contribution is -2.32. The first-order valence-corrected chi connectivity index (χ1v) is 9.23. The van der Waals surface area contributed by atoms with Crippen molar-refractivity contribution in [3.05, 3.63) is 77.3 Å². The van der Waals surface area contributed by atoms with Gasteiger partial charge in [-0.15, -0.1) is 0 Å². The van der Waals surface area contributed by atoms with E-state index >= 15 is 0 Å². The SMILES string of the molecule is CC1=C(C(=O)Nc2ccccc2C)C(c2ccccc2OC(F)F)n2ncnc2N1. The molecule has 0 fully saturated rings. The maximum atomic E-state index is 13.3. The van der Waals surface area contributed by atoms with Crippen LogP contribution in [0.4, 0.5) is 20.4 Å². The van der Waals surface area contributed by atoms with Gasteiger partial charge in [0.15, 0.2) is 0 Å². The number of nitrogens with one attached hydrogen (secondary N) is 2. The van der Waals surface area contributed by atoms with Gasteiger partial charge in [-0.2, -0.15) is 18.9 Å². The Morgan fingerprint density at radius 2 is 1.90 bits per heavy atom. The van der Waals surface area contributed by atoms with Gasteiger partial charge in [0.05, 0.1) is 5.57 Å². The lowest BCUT2D eigenvalue weighted by molar-refractivity contribution is -0.113. The van der Waals surface area contributed by atoms with Gasteiger partial charge in [-0.1, -0.05) is 36.4 Å². The fourth-order valence-electron chi connectivity index (χ4n) is 3.49. The Morgan fingerprint density at radius 3 is 2.67 bits per heavy atom. The van der Waals surface area contributed by atoms with Crippen molar-refractivity contribution < 1.29 is 18.3 Å². The van der Waals surface area contributed by atoms with Gasteiger partial charge in [0.1, 0.15) is 18.1 Å². The van der Waals surface area contributed by atoms with Crippen LogP contribution in [0.25, 0.3) is 0 Å². The zero-order valence-electron chi connectivity index (χ0n) is 16.3. The van der Waals surface area contributed by atoms with Gasteiger partial charge in [-0.3, -0.25) is 4.79 Å². The van der Waals surface area contributed by atoms with Crippen LogP contribution < -0.4 is 15.4 Å². The number of aromatic nitrogens is 3. The molecule has 1 aliphatic rings. The quantitative estimate of drug-likeness (QED) is 0.660. The standard InChI is InChI=1S/C21H19F2N5O2/c1-12-7-3-5-9-15(12)27-19(29)17-13(2)26-21-24-11-25-28(21)18(17)14-8-4-6-10-16(14)30-20(22)23/h3-11,18,20H,1-2H3,(H,27,29)(H,24,25,26). The van der Waals surface area contributed by atoms with Gasteiger partial charge in [-0.05, 0) is 31.5 Å². The first-order chi connectivity index (χ1) is 14.5. The Kier molecular flexibility index (Phi) is 5.18. The molecule has 0 spiro atoms. The van der Waals surface area contributed by atoms with Crippen molar-refractivity contribution in [2.45, 2.75) is 26.5 Å². The van der Waals surface area contributed by atoms with Crippen molar-refractivity contribution in [2.75, 3.05) is 10.6 Å². The molecule has 1 atom stereocenters. The predicted octanol–water partition coefficient (Wildman–Crippen LogP) is 4.12. The smallest absolute Gasteiger partial charge is 0.387 e. The number of rotatable bonds is 5. The van der Waals surface area contributed by atoms with E-state index in [2.05, 4.69) is 20.7 Å². The molecule has 2 N–H and O–H groups in total. The lowest BCUT2D eigenvalue weighted by Gasteiger charge is -2.29.